The maximum atomic E-state index is 11.0. The summed E-state index contributed by atoms with van der Waals surface area (Å²) in [7, 11) is 0. The Morgan fingerprint density at radius 3 is 3.00 bits per heavy atom. The number of Topliss-reactive ketones (excluding diaryl/α,β-unsaturated/α-hetero) is 1. The van der Waals surface area contributed by atoms with Crippen LogP contribution in [0.2, 0.25) is 0 Å². The standard InChI is InChI=1S/C8H12O2/c1-3-6(2)8-7(9)4-5-10-8/h3,6,8H,1,4-5H2,2H3. The SMILES string of the molecule is C=CC(C)C1OCCC1=O. The van der Waals surface area contributed by atoms with Crippen LogP contribution in [0.5, 0.6) is 0 Å². The molecule has 1 fully saturated rings. The fraction of sp³-hybridized carbons (Fsp3) is 0.625. The molecule has 2 heteroatoms. The summed E-state index contributed by atoms with van der Waals surface area (Å²) in [5, 5.41) is 0. The first-order valence-electron chi connectivity index (χ1n) is 3.52. The van der Waals surface area contributed by atoms with Crippen LogP contribution < -0.4 is 0 Å². The second-order valence-corrected chi connectivity index (χ2v) is 2.60. The lowest BCUT2D eigenvalue weighted by atomic mass is 10.0. The minimum Gasteiger partial charge on any atom is -0.369 e. The highest BCUT2D eigenvalue weighted by molar-refractivity contribution is 5.85. The number of rotatable bonds is 2. The van der Waals surface area contributed by atoms with E-state index in [4.69, 9.17) is 4.74 Å². The fourth-order valence-corrected chi connectivity index (χ4v) is 1.09. The van der Waals surface area contributed by atoms with Gasteiger partial charge in [-0.1, -0.05) is 13.0 Å². The van der Waals surface area contributed by atoms with Crippen LogP contribution in [0.15, 0.2) is 12.7 Å². The van der Waals surface area contributed by atoms with Gasteiger partial charge in [0.25, 0.3) is 0 Å². The molecule has 0 aromatic heterocycles. The first kappa shape index (κ1) is 7.48. The van der Waals surface area contributed by atoms with E-state index in [-0.39, 0.29) is 17.8 Å². The molecule has 0 amide bonds. The summed E-state index contributed by atoms with van der Waals surface area (Å²) in [6.45, 7) is 6.14. The normalized spacial score (nSPS) is 28.5. The molecule has 56 valence electrons. The van der Waals surface area contributed by atoms with Crippen molar-refractivity contribution < 1.29 is 9.53 Å². The zero-order valence-corrected chi connectivity index (χ0v) is 6.17. The second-order valence-electron chi connectivity index (χ2n) is 2.60. The number of hydrogen-bond donors (Lipinski definition) is 0. The van der Waals surface area contributed by atoms with E-state index >= 15 is 0 Å². The van der Waals surface area contributed by atoms with E-state index in [1.165, 1.54) is 0 Å². The Kier molecular flexibility index (Phi) is 2.22. The third-order valence-corrected chi connectivity index (χ3v) is 1.81. The van der Waals surface area contributed by atoms with E-state index < -0.39 is 0 Å². The summed E-state index contributed by atoms with van der Waals surface area (Å²) in [5.41, 5.74) is 0. The smallest absolute Gasteiger partial charge is 0.164 e. The Balaban J connectivity index is 2.54. The zero-order valence-electron chi connectivity index (χ0n) is 6.17. The Morgan fingerprint density at radius 2 is 2.60 bits per heavy atom. The van der Waals surface area contributed by atoms with Crippen LogP contribution in [0, 0.1) is 5.92 Å². The van der Waals surface area contributed by atoms with Crippen molar-refractivity contribution in [2.45, 2.75) is 19.4 Å². The maximum absolute atomic E-state index is 11.0. The van der Waals surface area contributed by atoms with Crippen molar-refractivity contribution in [2.24, 2.45) is 5.92 Å². The molecule has 10 heavy (non-hydrogen) atoms. The molecule has 0 saturated carbocycles. The van der Waals surface area contributed by atoms with Gasteiger partial charge in [0.05, 0.1) is 6.61 Å². The van der Waals surface area contributed by atoms with Crippen molar-refractivity contribution in [1.82, 2.24) is 0 Å². The van der Waals surface area contributed by atoms with Gasteiger partial charge in [0.15, 0.2) is 5.78 Å². The van der Waals surface area contributed by atoms with Gasteiger partial charge in [-0.3, -0.25) is 4.79 Å². The van der Waals surface area contributed by atoms with Crippen molar-refractivity contribution >= 4 is 5.78 Å². The highest BCUT2D eigenvalue weighted by Crippen LogP contribution is 2.17. The van der Waals surface area contributed by atoms with Gasteiger partial charge in [-0.15, -0.1) is 6.58 Å². The Labute approximate surface area is 60.9 Å². The van der Waals surface area contributed by atoms with Gasteiger partial charge in [0.1, 0.15) is 6.10 Å². The molecule has 0 aromatic rings. The Morgan fingerprint density at radius 1 is 1.90 bits per heavy atom. The van der Waals surface area contributed by atoms with Crippen LogP contribution in [-0.2, 0) is 9.53 Å². The lowest BCUT2D eigenvalue weighted by molar-refractivity contribution is -0.123. The number of ketones is 1. The average Bonchev–Trinajstić information content (AvgIpc) is 2.34. The average molecular weight is 140 g/mol. The quantitative estimate of drug-likeness (QED) is 0.538. The van der Waals surface area contributed by atoms with E-state index in [0.29, 0.717) is 13.0 Å². The summed E-state index contributed by atoms with van der Waals surface area (Å²) >= 11 is 0. The first-order valence-corrected chi connectivity index (χ1v) is 3.52. The largest absolute Gasteiger partial charge is 0.369 e. The molecule has 0 aromatic carbocycles. The topological polar surface area (TPSA) is 26.3 Å². The molecule has 2 nitrogen and oxygen atoms in total. The molecule has 0 aliphatic carbocycles. The molecule has 1 aliphatic rings. The molecule has 2 unspecified atom stereocenters. The molecule has 0 bridgehead atoms. The molecule has 1 saturated heterocycles. The summed E-state index contributed by atoms with van der Waals surface area (Å²) in [6, 6.07) is 0. The van der Waals surface area contributed by atoms with Crippen molar-refractivity contribution in [3.8, 4) is 0 Å². The van der Waals surface area contributed by atoms with Gasteiger partial charge in [0, 0.05) is 12.3 Å². The molecule has 0 N–H and O–H groups in total. The molecule has 1 heterocycles. The third kappa shape index (κ3) is 1.27. The highest BCUT2D eigenvalue weighted by Gasteiger charge is 2.28. The molecule has 0 radical (unpaired) electrons. The fourth-order valence-electron chi connectivity index (χ4n) is 1.09. The molecule has 0 spiro atoms. The van der Waals surface area contributed by atoms with E-state index in [9.17, 15) is 4.79 Å². The first-order chi connectivity index (χ1) is 4.75. The third-order valence-electron chi connectivity index (χ3n) is 1.81. The van der Waals surface area contributed by atoms with Crippen molar-refractivity contribution in [2.75, 3.05) is 6.61 Å². The van der Waals surface area contributed by atoms with Crippen LogP contribution in [-0.4, -0.2) is 18.5 Å². The zero-order chi connectivity index (χ0) is 7.56. The van der Waals surface area contributed by atoms with Crippen molar-refractivity contribution in [3.63, 3.8) is 0 Å². The van der Waals surface area contributed by atoms with Crippen molar-refractivity contribution in [3.05, 3.63) is 12.7 Å². The minimum atomic E-state index is -0.211. The van der Waals surface area contributed by atoms with Gasteiger partial charge >= 0.3 is 0 Å². The van der Waals surface area contributed by atoms with Crippen LogP contribution >= 0.6 is 0 Å². The lowest BCUT2D eigenvalue weighted by Crippen LogP contribution is -2.22. The molecule has 2 atom stereocenters. The van der Waals surface area contributed by atoms with E-state index in [2.05, 4.69) is 6.58 Å². The van der Waals surface area contributed by atoms with E-state index in [1.807, 2.05) is 6.92 Å². The molecule has 1 rings (SSSR count). The lowest BCUT2D eigenvalue weighted by Gasteiger charge is -2.11. The maximum Gasteiger partial charge on any atom is 0.164 e. The Bertz CT molecular complexity index is 151. The Hall–Kier alpha value is -0.630. The van der Waals surface area contributed by atoms with E-state index in [0.717, 1.165) is 0 Å². The highest BCUT2D eigenvalue weighted by atomic mass is 16.5. The predicted octanol–water partition coefficient (Wildman–Crippen LogP) is 1.17. The van der Waals surface area contributed by atoms with Gasteiger partial charge in [0.2, 0.25) is 0 Å². The van der Waals surface area contributed by atoms with Crippen LogP contribution in [0.25, 0.3) is 0 Å². The summed E-state index contributed by atoms with van der Waals surface area (Å²) in [6.07, 6.45) is 2.12. The predicted molar refractivity (Wildman–Crippen MR) is 38.7 cm³/mol. The summed E-state index contributed by atoms with van der Waals surface area (Å²) < 4.78 is 5.20. The van der Waals surface area contributed by atoms with Gasteiger partial charge in [-0.05, 0) is 0 Å². The number of carbonyl (C=O) groups excluding carboxylic acids is 1. The van der Waals surface area contributed by atoms with Gasteiger partial charge < -0.3 is 4.74 Å². The van der Waals surface area contributed by atoms with Crippen LogP contribution in [0.3, 0.4) is 0 Å². The molecular weight excluding hydrogens is 128 g/mol. The summed E-state index contributed by atoms with van der Waals surface area (Å²) in [4.78, 5) is 11.0. The van der Waals surface area contributed by atoms with E-state index in [1.54, 1.807) is 6.08 Å². The summed E-state index contributed by atoms with van der Waals surface area (Å²) in [5.74, 6) is 0.377. The molecule has 1 aliphatic heterocycles. The number of hydrogen-bond acceptors (Lipinski definition) is 2. The molecular formula is C8H12O2. The van der Waals surface area contributed by atoms with Gasteiger partial charge in [-0.25, -0.2) is 0 Å². The number of ether oxygens (including phenoxy) is 1. The number of carbonyl (C=O) groups is 1. The van der Waals surface area contributed by atoms with Crippen LogP contribution in [0.4, 0.5) is 0 Å². The minimum absolute atomic E-state index is 0.162. The second kappa shape index (κ2) is 2.97. The van der Waals surface area contributed by atoms with Crippen molar-refractivity contribution in [1.29, 1.82) is 0 Å². The monoisotopic (exact) mass is 140 g/mol. The van der Waals surface area contributed by atoms with Crippen LogP contribution in [0.1, 0.15) is 13.3 Å². The van der Waals surface area contributed by atoms with Gasteiger partial charge in [-0.2, -0.15) is 0 Å².